The smallest absolute Gasteiger partial charge is 0.414 e. The molecule has 3 aromatic rings. The van der Waals surface area contributed by atoms with Crippen LogP contribution in [0.1, 0.15) is 35.8 Å². The Morgan fingerprint density at radius 1 is 1.21 bits per heavy atom. The molecule has 144 valence electrons. The maximum atomic E-state index is 13.0. The van der Waals surface area contributed by atoms with Crippen LogP contribution in [0, 0.1) is 0 Å². The average molecular weight is 377 g/mol. The fraction of sp³-hybridized carbons (Fsp3) is 0.273. The van der Waals surface area contributed by atoms with Crippen LogP contribution < -0.4 is 10.2 Å². The molecule has 0 radical (unpaired) electrons. The summed E-state index contributed by atoms with van der Waals surface area (Å²) in [5.74, 6) is -0.109. The molecule has 0 saturated carbocycles. The highest BCUT2D eigenvalue weighted by Crippen LogP contribution is 2.25. The molecule has 28 heavy (non-hydrogen) atoms. The van der Waals surface area contributed by atoms with Gasteiger partial charge < -0.3 is 14.6 Å². The van der Waals surface area contributed by atoms with Crippen molar-refractivity contribution in [3.63, 3.8) is 0 Å². The van der Waals surface area contributed by atoms with Gasteiger partial charge in [-0.1, -0.05) is 30.3 Å². The van der Waals surface area contributed by atoms with E-state index >= 15 is 0 Å². The number of aryl methyl sites for hydroxylation is 1. The number of amides is 2. The summed E-state index contributed by atoms with van der Waals surface area (Å²) in [5, 5.41) is 4.03. The summed E-state index contributed by atoms with van der Waals surface area (Å²) < 4.78 is 7.09. The van der Waals surface area contributed by atoms with Crippen LogP contribution in [0.5, 0.6) is 0 Å². The second-order valence-electron chi connectivity index (χ2n) is 6.90. The van der Waals surface area contributed by atoms with Gasteiger partial charge in [0.15, 0.2) is 0 Å². The van der Waals surface area contributed by atoms with Gasteiger partial charge in [0.1, 0.15) is 6.61 Å². The van der Waals surface area contributed by atoms with Crippen LogP contribution in [0.2, 0.25) is 0 Å². The zero-order chi connectivity index (χ0) is 19.7. The van der Waals surface area contributed by atoms with Crippen LogP contribution >= 0.6 is 0 Å². The van der Waals surface area contributed by atoms with Crippen molar-refractivity contribution in [3.05, 3.63) is 65.9 Å². The van der Waals surface area contributed by atoms with Crippen molar-refractivity contribution in [1.82, 2.24) is 9.88 Å². The molecule has 1 unspecified atom stereocenters. The maximum absolute atomic E-state index is 13.0. The van der Waals surface area contributed by atoms with Gasteiger partial charge in [0.05, 0.1) is 18.2 Å². The van der Waals surface area contributed by atoms with Gasteiger partial charge in [0, 0.05) is 29.3 Å². The molecule has 1 N–H and O–H groups in total. The van der Waals surface area contributed by atoms with Gasteiger partial charge in [-0.3, -0.25) is 9.69 Å². The van der Waals surface area contributed by atoms with Gasteiger partial charge in [-0.05, 0) is 37.6 Å². The third kappa shape index (κ3) is 3.22. The number of nitrogens with zero attached hydrogens (tertiary/aromatic N) is 2. The third-order valence-corrected chi connectivity index (χ3v) is 5.16. The van der Waals surface area contributed by atoms with E-state index in [-0.39, 0.29) is 18.0 Å². The van der Waals surface area contributed by atoms with E-state index in [0.717, 1.165) is 28.7 Å². The minimum Gasteiger partial charge on any atom is -0.447 e. The maximum Gasteiger partial charge on any atom is 0.414 e. The number of ether oxygens (including phenoxy) is 1. The Labute approximate surface area is 163 Å². The number of anilines is 1. The lowest BCUT2D eigenvalue weighted by atomic mass is 10.1. The number of rotatable bonds is 5. The van der Waals surface area contributed by atoms with Crippen molar-refractivity contribution in [2.24, 2.45) is 0 Å². The van der Waals surface area contributed by atoms with Crippen LogP contribution in [0.3, 0.4) is 0 Å². The molecule has 1 aliphatic rings. The van der Waals surface area contributed by atoms with Gasteiger partial charge in [-0.2, -0.15) is 0 Å². The molecular formula is C22H23N3O3. The van der Waals surface area contributed by atoms with Gasteiger partial charge in [-0.15, -0.1) is 0 Å². The highest BCUT2D eigenvalue weighted by Gasteiger charge is 2.24. The van der Waals surface area contributed by atoms with E-state index in [4.69, 9.17) is 4.74 Å². The third-order valence-electron chi connectivity index (χ3n) is 5.16. The molecule has 2 amide bonds. The molecule has 1 saturated heterocycles. The normalized spacial score (nSPS) is 14.9. The first-order valence-electron chi connectivity index (χ1n) is 9.51. The number of nitrogens with one attached hydrogen (secondary N) is 1. The molecule has 2 heterocycles. The minimum absolute atomic E-state index is 0.109. The topological polar surface area (TPSA) is 63.6 Å². The zero-order valence-corrected chi connectivity index (χ0v) is 16.0. The number of carbonyl (C=O) groups is 2. The van der Waals surface area contributed by atoms with E-state index in [1.807, 2.05) is 61.7 Å². The molecule has 0 aliphatic carbocycles. The summed E-state index contributed by atoms with van der Waals surface area (Å²) in [6, 6.07) is 15.4. The Kier molecular flexibility index (Phi) is 4.77. The second-order valence-corrected chi connectivity index (χ2v) is 6.90. The predicted octanol–water partition coefficient (Wildman–Crippen LogP) is 4.11. The fourth-order valence-corrected chi connectivity index (χ4v) is 3.64. The molecule has 2 aromatic carbocycles. The molecule has 1 fully saturated rings. The molecule has 6 heteroatoms. The van der Waals surface area contributed by atoms with Crippen LogP contribution in [0.25, 0.3) is 10.9 Å². The van der Waals surface area contributed by atoms with Crippen molar-refractivity contribution in [2.75, 3.05) is 18.1 Å². The molecular weight excluding hydrogens is 354 g/mol. The van der Waals surface area contributed by atoms with Gasteiger partial charge >= 0.3 is 6.09 Å². The monoisotopic (exact) mass is 377 g/mol. The quantitative estimate of drug-likeness (QED) is 0.728. The molecule has 4 rings (SSSR count). The Morgan fingerprint density at radius 3 is 2.79 bits per heavy atom. The number of carbonyl (C=O) groups excluding carboxylic acids is 2. The second kappa shape index (κ2) is 7.38. The Balaban J connectivity index is 1.56. The van der Waals surface area contributed by atoms with Crippen molar-refractivity contribution in [3.8, 4) is 0 Å². The van der Waals surface area contributed by atoms with Crippen LogP contribution in [-0.2, 0) is 11.3 Å². The van der Waals surface area contributed by atoms with Crippen molar-refractivity contribution in [2.45, 2.75) is 26.4 Å². The molecule has 1 aromatic heterocycles. The first-order chi connectivity index (χ1) is 13.6. The van der Waals surface area contributed by atoms with Crippen LogP contribution in [0.4, 0.5) is 10.5 Å². The average Bonchev–Trinajstić information content (AvgIpc) is 3.31. The van der Waals surface area contributed by atoms with E-state index < -0.39 is 0 Å². The summed E-state index contributed by atoms with van der Waals surface area (Å²) in [5.41, 5.74) is 3.44. The first-order valence-corrected chi connectivity index (χ1v) is 9.51. The van der Waals surface area contributed by atoms with Crippen LogP contribution in [-0.4, -0.2) is 29.7 Å². The lowest BCUT2D eigenvalue weighted by Gasteiger charge is -2.18. The Hall–Kier alpha value is -3.28. The van der Waals surface area contributed by atoms with E-state index in [1.165, 1.54) is 0 Å². The SMILES string of the molecule is CCn1cc(C(=O)NC(C)c2cccc(N3CCOC3=O)c2)c2ccccc21. The lowest BCUT2D eigenvalue weighted by molar-refractivity contribution is 0.0941. The summed E-state index contributed by atoms with van der Waals surface area (Å²) in [6.07, 6.45) is 1.57. The number of benzene rings is 2. The highest BCUT2D eigenvalue weighted by molar-refractivity contribution is 6.07. The number of hydrogen-bond acceptors (Lipinski definition) is 3. The van der Waals surface area contributed by atoms with E-state index in [1.54, 1.807) is 4.90 Å². The minimum atomic E-state index is -0.332. The molecule has 1 aliphatic heterocycles. The van der Waals surface area contributed by atoms with E-state index in [0.29, 0.717) is 18.7 Å². The summed E-state index contributed by atoms with van der Waals surface area (Å²) in [7, 11) is 0. The van der Waals surface area contributed by atoms with Gasteiger partial charge in [0.2, 0.25) is 0 Å². The molecule has 1 atom stereocenters. The number of hydrogen-bond donors (Lipinski definition) is 1. The fourth-order valence-electron chi connectivity index (χ4n) is 3.64. The van der Waals surface area contributed by atoms with Gasteiger partial charge in [-0.25, -0.2) is 4.79 Å². The van der Waals surface area contributed by atoms with Crippen LogP contribution in [0.15, 0.2) is 54.7 Å². The number of cyclic esters (lactones) is 1. The largest absolute Gasteiger partial charge is 0.447 e. The zero-order valence-electron chi connectivity index (χ0n) is 16.0. The Morgan fingerprint density at radius 2 is 2.04 bits per heavy atom. The molecule has 6 nitrogen and oxygen atoms in total. The van der Waals surface area contributed by atoms with Crippen molar-refractivity contribution < 1.29 is 14.3 Å². The van der Waals surface area contributed by atoms with E-state index in [9.17, 15) is 9.59 Å². The van der Waals surface area contributed by atoms with Gasteiger partial charge in [0.25, 0.3) is 5.91 Å². The highest BCUT2D eigenvalue weighted by atomic mass is 16.6. The summed E-state index contributed by atoms with van der Waals surface area (Å²) in [6.45, 7) is 5.75. The van der Waals surface area contributed by atoms with Crippen molar-refractivity contribution >= 4 is 28.6 Å². The lowest BCUT2D eigenvalue weighted by Crippen LogP contribution is -2.27. The molecule has 0 bridgehead atoms. The Bertz CT molecular complexity index is 1040. The number of fused-ring (bicyclic) bond motifs is 1. The van der Waals surface area contributed by atoms with E-state index in [2.05, 4.69) is 16.8 Å². The number of aromatic nitrogens is 1. The van der Waals surface area contributed by atoms with Crippen molar-refractivity contribution in [1.29, 1.82) is 0 Å². The number of para-hydroxylation sites is 1. The molecule has 0 spiro atoms. The standard InChI is InChI=1S/C22H23N3O3/c1-3-24-14-19(18-9-4-5-10-20(18)24)21(26)23-15(2)16-7-6-8-17(13-16)25-11-12-28-22(25)27/h4-10,13-15H,3,11-12H2,1-2H3,(H,23,26). The first kappa shape index (κ1) is 18.1. The summed E-state index contributed by atoms with van der Waals surface area (Å²) >= 11 is 0. The predicted molar refractivity (Wildman–Crippen MR) is 109 cm³/mol. The summed E-state index contributed by atoms with van der Waals surface area (Å²) in [4.78, 5) is 26.4.